The van der Waals surface area contributed by atoms with Gasteiger partial charge in [0.1, 0.15) is 0 Å². The van der Waals surface area contributed by atoms with Crippen LogP contribution in [0.3, 0.4) is 0 Å². The molecule has 0 saturated heterocycles. The van der Waals surface area contributed by atoms with E-state index in [1.165, 1.54) is 0 Å². The number of hydrogen-bond acceptors (Lipinski definition) is 3. The number of sulfone groups is 1. The Bertz CT molecular complexity index is 421. The molecule has 0 unspecified atom stereocenters. The molecule has 0 spiro atoms. The van der Waals surface area contributed by atoms with Gasteiger partial charge >= 0.3 is 0 Å². The van der Waals surface area contributed by atoms with Crippen LogP contribution in [0.25, 0.3) is 0 Å². The molecule has 0 aliphatic carbocycles. The Kier molecular flexibility index (Phi) is 3.88. The van der Waals surface area contributed by atoms with Crippen molar-refractivity contribution in [2.75, 3.05) is 0 Å². The summed E-state index contributed by atoms with van der Waals surface area (Å²) in [5.41, 5.74) is 1.37. The average molecular weight is 228 g/mol. The highest BCUT2D eigenvalue weighted by Crippen LogP contribution is 2.15. The van der Waals surface area contributed by atoms with Crippen LogP contribution in [-0.2, 0) is 22.2 Å². The van der Waals surface area contributed by atoms with Crippen LogP contribution in [-0.4, -0.2) is 18.8 Å². The Morgan fingerprint density at radius 2 is 1.73 bits per heavy atom. The van der Waals surface area contributed by atoms with Crippen LogP contribution in [0.2, 0.25) is 0 Å². The van der Waals surface area contributed by atoms with Crippen LogP contribution >= 0.6 is 0 Å². The predicted octanol–water partition coefficient (Wildman–Crippen LogP) is 1.50. The van der Waals surface area contributed by atoms with E-state index in [1.54, 1.807) is 38.1 Å². The van der Waals surface area contributed by atoms with Crippen molar-refractivity contribution >= 4 is 9.84 Å². The van der Waals surface area contributed by atoms with Crippen molar-refractivity contribution in [1.29, 1.82) is 0 Å². The van der Waals surface area contributed by atoms with Gasteiger partial charge in [-0.1, -0.05) is 24.3 Å². The number of hydrogen-bond donors (Lipinski definition) is 1. The van der Waals surface area contributed by atoms with Gasteiger partial charge in [0, 0.05) is 0 Å². The van der Waals surface area contributed by atoms with E-state index in [-0.39, 0.29) is 17.6 Å². The van der Waals surface area contributed by atoms with Crippen LogP contribution in [0.5, 0.6) is 0 Å². The maximum atomic E-state index is 11.7. The van der Waals surface area contributed by atoms with Crippen LogP contribution in [0.1, 0.15) is 25.0 Å². The van der Waals surface area contributed by atoms with Crippen LogP contribution in [0, 0.1) is 0 Å². The summed E-state index contributed by atoms with van der Waals surface area (Å²) in [6, 6.07) is 7.05. The molecule has 0 aliphatic rings. The molecule has 15 heavy (non-hydrogen) atoms. The molecule has 0 fully saturated rings. The molecule has 84 valence electrons. The molecule has 0 aliphatic heterocycles. The lowest BCUT2D eigenvalue weighted by atomic mass is 10.1. The first-order valence-electron chi connectivity index (χ1n) is 4.86. The van der Waals surface area contributed by atoms with Crippen molar-refractivity contribution < 1.29 is 13.5 Å². The van der Waals surface area contributed by atoms with Gasteiger partial charge in [0.15, 0.2) is 9.84 Å². The Morgan fingerprint density at radius 1 is 1.20 bits per heavy atom. The summed E-state index contributed by atoms with van der Waals surface area (Å²) in [7, 11) is -3.09. The van der Waals surface area contributed by atoms with E-state index in [4.69, 9.17) is 5.11 Å². The first-order valence-corrected chi connectivity index (χ1v) is 6.58. The lowest BCUT2D eigenvalue weighted by Gasteiger charge is -2.10. The van der Waals surface area contributed by atoms with Crippen LogP contribution in [0.4, 0.5) is 0 Å². The van der Waals surface area contributed by atoms with Crippen molar-refractivity contribution in [3.05, 3.63) is 35.4 Å². The van der Waals surface area contributed by atoms with E-state index in [0.717, 1.165) is 0 Å². The molecule has 1 aromatic rings. The standard InChI is InChI=1S/C11H16O3S/c1-9(2)15(13,14)8-11-6-4-3-5-10(11)7-12/h3-6,9,12H,7-8H2,1-2H3. The Hall–Kier alpha value is -0.870. The topological polar surface area (TPSA) is 54.4 Å². The average Bonchev–Trinajstić information content (AvgIpc) is 2.18. The van der Waals surface area contributed by atoms with Crippen molar-refractivity contribution in [2.24, 2.45) is 0 Å². The third kappa shape index (κ3) is 3.04. The highest BCUT2D eigenvalue weighted by atomic mass is 32.2. The summed E-state index contributed by atoms with van der Waals surface area (Å²) in [4.78, 5) is 0. The molecular weight excluding hydrogens is 212 g/mol. The normalized spacial score (nSPS) is 12.0. The van der Waals surface area contributed by atoms with E-state index in [9.17, 15) is 8.42 Å². The van der Waals surface area contributed by atoms with Gasteiger partial charge in [0.2, 0.25) is 0 Å². The summed E-state index contributed by atoms with van der Waals surface area (Å²) < 4.78 is 23.4. The van der Waals surface area contributed by atoms with Gasteiger partial charge in [-0.15, -0.1) is 0 Å². The number of rotatable bonds is 4. The zero-order chi connectivity index (χ0) is 11.5. The quantitative estimate of drug-likeness (QED) is 0.849. The summed E-state index contributed by atoms with van der Waals surface area (Å²) in [5, 5.41) is 8.67. The molecule has 0 atom stereocenters. The highest BCUT2D eigenvalue weighted by molar-refractivity contribution is 7.91. The van der Waals surface area contributed by atoms with Gasteiger partial charge < -0.3 is 5.11 Å². The molecule has 0 heterocycles. The molecule has 4 heteroatoms. The van der Waals surface area contributed by atoms with Gasteiger partial charge in [-0.2, -0.15) is 0 Å². The summed E-state index contributed by atoms with van der Waals surface area (Å²) in [5.74, 6) is 0.00139. The fourth-order valence-corrected chi connectivity index (χ4v) is 2.28. The van der Waals surface area contributed by atoms with Crippen molar-refractivity contribution in [3.8, 4) is 0 Å². The molecule has 1 rings (SSSR count). The Labute approximate surface area is 90.7 Å². The van der Waals surface area contributed by atoms with Gasteiger partial charge in [-0.25, -0.2) is 8.42 Å². The van der Waals surface area contributed by atoms with E-state index < -0.39 is 9.84 Å². The maximum Gasteiger partial charge on any atom is 0.156 e. The number of aliphatic hydroxyl groups is 1. The largest absolute Gasteiger partial charge is 0.392 e. The minimum absolute atomic E-state index is 0.00139. The lowest BCUT2D eigenvalue weighted by Crippen LogP contribution is -2.16. The van der Waals surface area contributed by atoms with Crippen LogP contribution in [0.15, 0.2) is 24.3 Å². The van der Waals surface area contributed by atoms with Gasteiger partial charge in [-0.05, 0) is 25.0 Å². The zero-order valence-electron chi connectivity index (χ0n) is 8.97. The molecule has 0 bridgehead atoms. The minimum Gasteiger partial charge on any atom is -0.392 e. The van der Waals surface area contributed by atoms with Gasteiger partial charge in [0.25, 0.3) is 0 Å². The van der Waals surface area contributed by atoms with E-state index in [2.05, 4.69) is 0 Å². The predicted molar refractivity (Wildman–Crippen MR) is 60.1 cm³/mol. The Balaban J connectivity index is 3.00. The third-order valence-electron chi connectivity index (χ3n) is 2.36. The molecule has 0 amide bonds. The minimum atomic E-state index is -3.09. The second-order valence-electron chi connectivity index (χ2n) is 3.78. The van der Waals surface area contributed by atoms with Crippen molar-refractivity contribution in [3.63, 3.8) is 0 Å². The molecular formula is C11H16O3S. The molecule has 1 N–H and O–H groups in total. The molecule has 0 radical (unpaired) electrons. The molecule has 0 saturated carbocycles. The van der Waals surface area contributed by atoms with E-state index in [1.807, 2.05) is 0 Å². The maximum absolute atomic E-state index is 11.7. The second kappa shape index (κ2) is 4.77. The second-order valence-corrected chi connectivity index (χ2v) is 6.34. The zero-order valence-corrected chi connectivity index (χ0v) is 9.79. The monoisotopic (exact) mass is 228 g/mol. The SMILES string of the molecule is CC(C)S(=O)(=O)Cc1ccccc1CO. The lowest BCUT2D eigenvalue weighted by molar-refractivity contribution is 0.281. The molecule has 0 aromatic heterocycles. The number of aliphatic hydroxyl groups excluding tert-OH is 1. The summed E-state index contributed by atoms with van der Waals surface area (Å²) in [6.07, 6.45) is 0. The van der Waals surface area contributed by atoms with Gasteiger partial charge in [-0.3, -0.25) is 0 Å². The van der Waals surface area contributed by atoms with Crippen LogP contribution < -0.4 is 0 Å². The first kappa shape index (κ1) is 12.2. The molecule has 3 nitrogen and oxygen atoms in total. The smallest absolute Gasteiger partial charge is 0.156 e. The fraction of sp³-hybridized carbons (Fsp3) is 0.455. The van der Waals surface area contributed by atoms with Crippen molar-refractivity contribution in [2.45, 2.75) is 31.5 Å². The fourth-order valence-electron chi connectivity index (χ4n) is 1.24. The summed E-state index contributed by atoms with van der Waals surface area (Å²) >= 11 is 0. The Morgan fingerprint density at radius 3 is 2.20 bits per heavy atom. The van der Waals surface area contributed by atoms with E-state index in [0.29, 0.717) is 11.1 Å². The van der Waals surface area contributed by atoms with Gasteiger partial charge in [0.05, 0.1) is 17.6 Å². The third-order valence-corrected chi connectivity index (χ3v) is 4.51. The number of benzene rings is 1. The van der Waals surface area contributed by atoms with E-state index >= 15 is 0 Å². The van der Waals surface area contributed by atoms with Crippen molar-refractivity contribution in [1.82, 2.24) is 0 Å². The molecule has 1 aromatic carbocycles. The first-order chi connectivity index (χ1) is 6.97. The summed E-state index contributed by atoms with van der Waals surface area (Å²) in [6.45, 7) is 3.21. The highest BCUT2D eigenvalue weighted by Gasteiger charge is 2.17.